The number of hydrogen-bond acceptors (Lipinski definition) is 3. The number of guanidine groups is 1. The van der Waals surface area contributed by atoms with Gasteiger partial charge >= 0.3 is 0 Å². The van der Waals surface area contributed by atoms with Crippen molar-refractivity contribution in [2.45, 2.75) is 19.5 Å². The fourth-order valence-electron chi connectivity index (χ4n) is 2.56. The van der Waals surface area contributed by atoms with Gasteiger partial charge in [-0.05, 0) is 38.7 Å². The summed E-state index contributed by atoms with van der Waals surface area (Å²) in [5.41, 5.74) is 1.26. The van der Waals surface area contributed by atoms with Crippen molar-refractivity contribution in [3.63, 3.8) is 0 Å². The van der Waals surface area contributed by atoms with Crippen molar-refractivity contribution >= 4 is 29.9 Å². The summed E-state index contributed by atoms with van der Waals surface area (Å²) in [5.74, 6) is 1.84. The number of hydrogen-bond donors (Lipinski definition) is 1. The highest BCUT2D eigenvalue weighted by atomic mass is 127. The first-order chi connectivity index (χ1) is 11.6. The maximum Gasteiger partial charge on any atom is 0.194 e. The number of halogens is 1. The normalized spacial score (nSPS) is 12.6. The molecule has 0 aliphatic heterocycles. The van der Waals surface area contributed by atoms with Gasteiger partial charge in [-0.15, -0.1) is 24.0 Å². The minimum atomic E-state index is 0. The summed E-state index contributed by atoms with van der Waals surface area (Å²) < 4.78 is 5.56. The lowest BCUT2D eigenvalue weighted by Crippen LogP contribution is -2.39. The van der Waals surface area contributed by atoms with Crippen LogP contribution in [0, 0.1) is 0 Å². The molecule has 1 heterocycles. The van der Waals surface area contributed by atoms with E-state index >= 15 is 0 Å². The highest BCUT2D eigenvalue weighted by molar-refractivity contribution is 14.0. The molecule has 0 fully saturated rings. The van der Waals surface area contributed by atoms with E-state index in [0.29, 0.717) is 6.54 Å². The molecule has 0 aliphatic rings. The average molecular weight is 456 g/mol. The van der Waals surface area contributed by atoms with Gasteiger partial charge in [0, 0.05) is 20.1 Å². The molecule has 0 radical (unpaired) electrons. The van der Waals surface area contributed by atoms with Crippen molar-refractivity contribution in [3.05, 3.63) is 60.1 Å². The molecule has 2 rings (SSSR count). The Morgan fingerprint density at radius 1 is 1.12 bits per heavy atom. The number of likely N-dealkylation sites (N-methyl/N-ethyl adjacent to an activating group) is 1. The van der Waals surface area contributed by atoms with Gasteiger partial charge in [-0.25, -0.2) is 0 Å². The van der Waals surface area contributed by atoms with Crippen LogP contribution in [0.15, 0.2) is 58.1 Å². The predicted octanol–water partition coefficient (Wildman–Crippen LogP) is 3.60. The number of nitrogens with one attached hydrogen (secondary N) is 1. The number of aliphatic imine (C=N–C) groups is 1. The maximum absolute atomic E-state index is 5.56. The topological polar surface area (TPSA) is 44.0 Å². The Labute approximate surface area is 168 Å². The van der Waals surface area contributed by atoms with Crippen LogP contribution in [0.2, 0.25) is 0 Å². The Morgan fingerprint density at radius 2 is 1.84 bits per heavy atom. The molecule has 0 spiro atoms. The van der Waals surface area contributed by atoms with Crippen LogP contribution >= 0.6 is 24.0 Å². The Kier molecular flexibility index (Phi) is 9.59. The standard InChI is InChI=1S/C19H28N4O.HI/c1-5-20-19(23(4)15-16-10-7-6-8-11-16)21-14-17(22(2)3)18-12-9-13-24-18;/h6-13,17H,5,14-15H2,1-4H3,(H,20,21);1H. The fraction of sp³-hybridized carbons (Fsp3) is 0.421. The molecule has 0 saturated heterocycles. The van der Waals surface area contributed by atoms with Crippen molar-refractivity contribution in [3.8, 4) is 0 Å². The van der Waals surface area contributed by atoms with Crippen LogP contribution in [-0.4, -0.2) is 50.0 Å². The van der Waals surface area contributed by atoms with Crippen molar-refractivity contribution < 1.29 is 4.42 Å². The van der Waals surface area contributed by atoms with Crippen LogP contribution in [0.1, 0.15) is 24.3 Å². The van der Waals surface area contributed by atoms with Crippen molar-refractivity contribution in [2.24, 2.45) is 4.99 Å². The average Bonchev–Trinajstić information content (AvgIpc) is 3.09. The monoisotopic (exact) mass is 456 g/mol. The molecule has 1 aromatic carbocycles. The van der Waals surface area contributed by atoms with Gasteiger partial charge in [-0.3, -0.25) is 9.89 Å². The van der Waals surface area contributed by atoms with Crippen LogP contribution in [-0.2, 0) is 6.54 Å². The van der Waals surface area contributed by atoms with Crippen molar-refractivity contribution in [1.29, 1.82) is 0 Å². The third kappa shape index (κ3) is 6.70. The molecular formula is C19H29IN4O. The van der Waals surface area contributed by atoms with Crippen LogP contribution in [0.3, 0.4) is 0 Å². The second-order valence-corrected chi connectivity index (χ2v) is 6.03. The van der Waals surface area contributed by atoms with Crippen LogP contribution in [0.4, 0.5) is 0 Å². The van der Waals surface area contributed by atoms with Crippen molar-refractivity contribution in [2.75, 3.05) is 34.2 Å². The molecule has 1 aromatic heterocycles. The van der Waals surface area contributed by atoms with E-state index in [1.165, 1.54) is 5.56 Å². The summed E-state index contributed by atoms with van der Waals surface area (Å²) in [6.07, 6.45) is 1.71. The molecule has 0 aliphatic carbocycles. The van der Waals surface area contributed by atoms with Crippen LogP contribution < -0.4 is 5.32 Å². The van der Waals surface area contributed by atoms with E-state index in [-0.39, 0.29) is 30.0 Å². The lowest BCUT2D eigenvalue weighted by molar-refractivity contribution is 0.264. The van der Waals surface area contributed by atoms with Gasteiger partial charge < -0.3 is 14.6 Å². The Balaban J connectivity index is 0.00000312. The molecule has 0 saturated carbocycles. The van der Waals surface area contributed by atoms with E-state index in [0.717, 1.165) is 24.8 Å². The predicted molar refractivity (Wildman–Crippen MR) is 114 cm³/mol. The second-order valence-electron chi connectivity index (χ2n) is 6.03. The van der Waals surface area contributed by atoms with Crippen molar-refractivity contribution in [1.82, 2.24) is 15.1 Å². The molecule has 6 heteroatoms. The van der Waals surface area contributed by atoms with E-state index < -0.39 is 0 Å². The highest BCUT2D eigenvalue weighted by Crippen LogP contribution is 2.19. The summed E-state index contributed by atoms with van der Waals surface area (Å²) in [5, 5.41) is 3.37. The zero-order chi connectivity index (χ0) is 17.4. The summed E-state index contributed by atoms with van der Waals surface area (Å²) >= 11 is 0. The first kappa shape index (κ1) is 21.5. The highest BCUT2D eigenvalue weighted by Gasteiger charge is 2.17. The van der Waals surface area contributed by atoms with Gasteiger partial charge in [-0.1, -0.05) is 30.3 Å². The van der Waals surface area contributed by atoms with Crippen LogP contribution in [0.25, 0.3) is 0 Å². The van der Waals surface area contributed by atoms with Gasteiger partial charge in [0.2, 0.25) is 0 Å². The summed E-state index contributed by atoms with van der Waals surface area (Å²) in [7, 11) is 6.15. The molecule has 138 valence electrons. The number of benzene rings is 1. The minimum Gasteiger partial charge on any atom is -0.468 e. The third-order valence-corrected chi connectivity index (χ3v) is 3.87. The third-order valence-electron chi connectivity index (χ3n) is 3.87. The lowest BCUT2D eigenvalue weighted by atomic mass is 10.2. The molecule has 1 unspecified atom stereocenters. The Morgan fingerprint density at radius 3 is 2.40 bits per heavy atom. The Hall–Kier alpha value is -1.54. The molecular weight excluding hydrogens is 427 g/mol. The van der Waals surface area contributed by atoms with E-state index in [1.54, 1.807) is 6.26 Å². The smallest absolute Gasteiger partial charge is 0.194 e. The number of rotatable bonds is 7. The zero-order valence-electron chi connectivity index (χ0n) is 15.5. The first-order valence-electron chi connectivity index (χ1n) is 8.35. The summed E-state index contributed by atoms with van der Waals surface area (Å²) in [4.78, 5) is 9.09. The lowest BCUT2D eigenvalue weighted by Gasteiger charge is -2.25. The molecule has 5 nitrogen and oxygen atoms in total. The van der Waals surface area contributed by atoms with Gasteiger partial charge in [-0.2, -0.15) is 0 Å². The van der Waals surface area contributed by atoms with Gasteiger partial charge in [0.15, 0.2) is 5.96 Å². The van der Waals surface area contributed by atoms with E-state index in [2.05, 4.69) is 53.4 Å². The number of nitrogens with zero attached hydrogens (tertiary/aromatic N) is 3. The quantitative estimate of drug-likeness (QED) is 0.393. The Bertz CT molecular complexity index is 614. The van der Waals surface area contributed by atoms with Crippen LogP contribution in [0.5, 0.6) is 0 Å². The minimum absolute atomic E-state index is 0. The fourth-order valence-corrected chi connectivity index (χ4v) is 2.56. The van der Waals surface area contributed by atoms with Gasteiger partial charge in [0.05, 0.1) is 18.8 Å². The summed E-state index contributed by atoms with van der Waals surface area (Å²) in [6.45, 7) is 4.38. The molecule has 0 amide bonds. The molecule has 2 aromatic rings. The molecule has 1 N–H and O–H groups in total. The SMILES string of the molecule is CCNC(=NCC(c1ccco1)N(C)C)N(C)Cc1ccccc1.I. The van der Waals surface area contributed by atoms with Gasteiger partial charge in [0.1, 0.15) is 5.76 Å². The summed E-state index contributed by atoms with van der Waals surface area (Å²) in [6, 6.07) is 14.5. The van der Waals surface area contributed by atoms with E-state index in [4.69, 9.17) is 9.41 Å². The molecule has 1 atom stereocenters. The second kappa shape index (κ2) is 11.1. The first-order valence-corrected chi connectivity index (χ1v) is 8.35. The zero-order valence-corrected chi connectivity index (χ0v) is 17.8. The molecule has 25 heavy (non-hydrogen) atoms. The number of furan rings is 1. The maximum atomic E-state index is 5.56. The van der Waals surface area contributed by atoms with Gasteiger partial charge in [0.25, 0.3) is 0 Å². The van der Waals surface area contributed by atoms with E-state index in [1.807, 2.05) is 32.3 Å². The molecule has 0 bridgehead atoms. The largest absolute Gasteiger partial charge is 0.468 e. The van der Waals surface area contributed by atoms with E-state index in [9.17, 15) is 0 Å².